The monoisotopic (exact) mass is 265 g/mol. The molecule has 0 aliphatic rings. The molecule has 0 saturated carbocycles. The Morgan fingerprint density at radius 2 is 2.21 bits per heavy atom. The SMILES string of the molecule is CCOC(=O)c1noc2ncn(CC(C)=O)c(=O)c12. The number of ether oxygens (including phenoxy) is 1. The number of hydrogen-bond donors (Lipinski definition) is 0. The first-order valence-electron chi connectivity index (χ1n) is 5.56. The number of carbonyl (C=O) groups excluding carboxylic acids is 2. The van der Waals surface area contributed by atoms with Gasteiger partial charge in [-0.1, -0.05) is 5.16 Å². The van der Waals surface area contributed by atoms with Crippen molar-refractivity contribution in [1.29, 1.82) is 0 Å². The molecule has 2 aromatic rings. The van der Waals surface area contributed by atoms with Crippen molar-refractivity contribution in [3.63, 3.8) is 0 Å². The number of nitrogens with zero attached hydrogens (tertiary/aromatic N) is 3. The molecular weight excluding hydrogens is 254 g/mol. The fourth-order valence-corrected chi connectivity index (χ4v) is 1.57. The molecule has 8 heteroatoms. The maximum absolute atomic E-state index is 12.1. The maximum atomic E-state index is 12.1. The van der Waals surface area contributed by atoms with Crippen molar-refractivity contribution in [3.05, 3.63) is 22.4 Å². The number of Topliss-reactive ketones (excluding diaryl/α,β-unsaturated/α-hetero) is 1. The fraction of sp³-hybridized carbons (Fsp3) is 0.364. The highest BCUT2D eigenvalue weighted by Gasteiger charge is 2.22. The molecule has 0 aromatic carbocycles. The van der Waals surface area contributed by atoms with Gasteiger partial charge in [0.2, 0.25) is 5.69 Å². The quantitative estimate of drug-likeness (QED) is 0.724. The molecule has 0 aliphatic heterocycles. The van der Waals surface area contributed by atoms with Crippen LogP contribution < -0.4 is 5.56 Å². The van der Waals surface area contributed by atoms with Gasteiger partial charge in [0.15, 0.2) is 0 Å². The summed E-state index contributed by atoms with van der Waals surface area (Å²) >= 11 is 0. The predicted molar refractivity (Wildman–Crippen MR) is 62.7 cm³/mol. The Bertz CT molecular complexity index is 700. The molecule has 0 saturated heterocycles. The Morgan fingerprint density at radius 3 is 2.84 bits per heavy atom. The first kappa shape index (κ1) is 12.9. The van der Waals surface area contributed by atoms with Crippen molar-refractivity contribution >= 4 is 22.9 Å². The summed E-state index contributed by atoms with van der Waals surface area (Å²) in [4.78, 5) is 38.6. The van der Waals surface area contributed by atoms with E-state index in [2.05, 4.69) is 10.1 Å². The molecule has 0 N–H and O–H groups in total. The van der Waals surface area contributed by atoms with Gasteiger partial charge in [0, 0.05) is 0 Å². The summed E-state index contributed by atoms with van der Waals surface area (Å²) in [6.45, 7) is 2.99. The summed E-state index contributed by atoms with van der Waals surface area (Å²) in [6, 6.07) is 0. The zero-order valence-electron chi connectivity index (χ0n) is 10.4. The molecule has 0 amide bonds. The third-order valence-electron chi connectivity index (χ3n) is 2.32. The summed E-state index contributed by atoms with van der Waals surface area (Å²) in [7, 11) is 0. The Balaban J connectivity index is 2.59. The van der Waals surface area contributed by atoms with E-state index in [1.165, 1.54) is 13.3 Å². The van der Waals surface area contributed by atoms with E-state index in [0.29, 0.717) is 0 Å². The van der Waals surface area contributed by atoms with E-state index < -0.39 is 11.5 Å². The molecule has 2 aromatic heterocycles. The molecule has 0 atom stereocenters. The van der Waals surface area contributed by atoms with Crippen molar-refractivity contribution < 1.29 is 18.8 Å². The highest BCUT2D eigenvalue weighted by Crippen LogP contribution is 2.12. The van der Waals surface area contributed by atoms with Crippen LogP contribution in [0.5, 0.6) is 0 Å². The number of esters is 1. The van der Waals surface area contributed by atoms with E-state index in [4.69, 9.17) is 9.26 Å². The highest BCUT2D eigenvalue weighted by atomic mass is 16.5. The van der Waals surface area contributed by atoms with Crippen molar-refractivity contribution in [2.75, 3.05) is 6.61 Å². The molecule has 0 radical (unpaired) electrons. The van der Waals surface area contributed by atoms with E-state index in [0.717, 1.165) is 4.57 Å². The molecule has 0 fully saturated rings. The van der Waals surface area contributed by atoms with Crippen LogP contribution in [0.15, 0.2) is 15.6 Å². The molecule has 100 valence electrons. The Kier molecular flexibility index (Phi) is 3.41. The second kappa shape index (κ2) is 5.01. The van der Waals surface area contributed by atoms with Crippen LogP contribution in [0.2, 0.25) is 0 Å². The molecule has 19 heavy (non-hydrogen) atoms. The molecule has 0 unspecified atom stereocenters. The van der Waals surface area contributed by atoms with Gasteiger partial charge < -0.3 is 9.26 Å². The highest BCUT2D eigenvalue weighted by molar-refractivity contribution is 5.99. The van der Waals surface area contributed by atoms with Gasteiger partial charge in [-0.25, -0.2) is 9.78 Å². The topological polar surface area (TPSA) is 104 Å². The zero-order chi connectivity index (χ0) is 14.0. The molecule has 8 nitrogen and oxygen atoms in total. The lowest BCUT2D eigenvalue weighted by Crippen LogP contribution is -2.24. The molecule has 0 spiro atoms. The van der Waals surface area contributed by atoms with Crippen molar-refractivity contribution in [2.24, 2.45) is 0 Å². The third kappa shape index (κ3) is 2.37. The average Bonchev–Trinajstić information content (AvgIpc) is 2.77. The molecular formula is C11H11N3O5. The largest absolute Gasteiger partial charge is 0.461 e. The number of ketones is 1. The maximum Gasteiger partial charge on any atom is 0.361 e. The second-order valence-electron chi connectivity index (χ2n) is 3.81. The lowest BCUT2D eigenvalue weighted by molar-refractivity contribution is -0.117. The summed E-state index contributed by atoms with van der Waals surface area (Å²) < 4.78 is 10.7. The number of rotatable bonds is 4. The zero-order valence-corrected chi connectivity index (χ0v) is 10.4. The molecule has 0 bridgehead atoms. The van der Waals surface area contributed by atoms with Gasteiger partial charge >= 0.3 is 5.97 Å². The number of hydrogen-bond acceptors (Lipinski definition) is 7. The van der Waals surface area contributed by atoms with Gasteiger partial charge in [0.25, 0.3) is 11.3 Å². The fourth-order valence-electron chi connectivity index (χ4n) is 1.57. The number of carbonyl (C=O) groups is 2. The van der Waals surface area contributed by atoms with Gasteiger partial charge in [0.05, 0.1) is 13.2 Å². The van der Waals surface area contributed by atoms with E-state index in [9.17, 15) is 14.4 Å². The third-order valence-corrected chi connectivity index (χ3v) is 2.32. The van der Waals surface area contributed by atoms with E-state index in [1.54, 1.807) is 6.92 Å². The van der Waals surface area contributed by atoms with E-state index in [1.807, 2.05) is 0 Å². The molecule has 2 heterocycles. The summed E-state index contributed by atoms with van der Waals surface area (Å²) in [5.74, 6) is -0.974. The summed E-state index contributed by atoms with van der Waals surface area (Å²) in [5.41, 5.74) is -0.857. The van der Waals surface area contributed by atoms with Crippen molar-refractivity contribution in [1.82, 2.24) is 14.7 Å². The first-order chi connectivity index (χ1) is 9.04. The number of fused-ring (bicyclic) bond motifs is 1. The van der Waals surface area contributed by atoms with E-state index >= 15 is 0 Å². The average molecular weight is 265 g/mol. The Hall–Kier alpha value is -2.51. The Morgan fingerprint density at radius 1 is 1.47 bits per heavy atom. The van der Waals surface area contributed by atoms with Gasteiger partial charge in [-0.3, -0.25) is 14.2 Å². The summed E-state index contributed by atoms with van der Waals surface area (Å²) in [5, 5.41) is 3.40. The Labute approximate surface area is 107 Å². The normalized spacial score (nSPS) is 10.6. The van der Waals surface area contributed by atoms with Crippen LogP contribution in [-0.2, 0) is 16.1 Å². The van der Waals surface area contributed by atoms with Crippen LogP contribution in [0.1, 0.15) is 24.3 Å². The minimum absolute atomic E-state index is 0.0622. The van der Waals surface area contributed by atoms with E-state index in [-0.39, 0.29) is 35.7 Å². The van der Waals surface area contributed by atoms with Crippen LogP contribution >= 0.6 is 0 Å². The van der Waals surface area contributed by atoms with Crippen LogP contribution in [0.3, 0.4) is 0 Å². The van der Waals surface area contributed by atoms with Crippen molar-refractivity contribution in [2.45, 2.75) is 20.4 Å². The van der Waals surface area contributed by atoms with Crippen LogP contribution in [0.4, 0.5) is 0 Å². The molecule has 0 aliphatic carbocycles. The van der Waals surface area contributed by atoms with Gasteiger partial charge in [-0.15, -0.1) is 0 Å². The van der Waals surface area contributed by atoms with Gasteiger partial charge in [-0.2, -0.15) is 0 Å². The standard InChI is InChI=1S/C11H11N3O5/c1-3-18-11(17)8-7-9(19-13-8)12-5-14(10(7)16)4-6(2)15/h5H,3-4H2,1-2H3. The first-order valence-corrected chi connectivity index (χ1v) is 5.56. The smallest absolute Gasteiger partial charge is 0.361 e. The van der Waals surface area contributed by atoms with Crippen LogP contribution in [0.25, 0.3) is 11.1 Å². The van der Waals surface area contributed by atoms with Crippen molar-refractivity contribution in [3.8, 4) is 0 Å². The van der Waals surface area contributed by atoms with Gasteiger partial charge in [-0.05, 0) is 13.8 Å². The lowest BCUT2D eigenvalue weighted by atomic mass is 10.3. The van der Waals surface area contributed by atoms with Crippen LogP contribution in [-0.4, -0.2) is 33.1 Å². The minimum Gasteiger partial charge on any atom is -0.461 e. The van der Waals surface area contributed by atoms with Gasteiger partial charge in [0.1, 0.15) is 17.5 Å². The van der Waals surface area contributed by atoms with Crippen LogP contribution in [0, 0.1) is 0 Å². The lowest BCUT2D eigenvalue weighted by Gasteiger charge is -2.01. The summed E-state index contributed by atoms with van der Waals surface area (Å²) in [6.07, 6.45) is 1.17. The molecule has 2 rings (SSSR count). The predicted octanol–water partition coefficient (Wildman–Crippen LogP) is 0.150. The second-order valence-corrected chi connectivity index (χ2v) is 3.81. The number of aromatic nitrogens is 3. The minimum atomic E-state index is -0.763.